The van der Waals surface area contributed by atoms with Gasteiger partial charge in [0.05, 0.1) is 0 Å². The highest BCUT2D eigenvalue weighted by Gasteiger charge is 2.28. The molecule has 4 rings (SSSR count). The molecule has 0 saturated carbocycles. The molecule has 2 aromatic rings. The minimum atomic E-state index is 0.0313. The number of likely N-dealkylation sites (tertiary alicyclic amines) is 1. The Hall–Kier alpha value is -2.04. The average Bonchev–Trinajstić information content (AvgIpc) is 3.12. The van der Waals surface area contributed by atoms with Gasteiger partial charge in [-0.3, -0.25) is 9.69 Å². The summed E-state index contributed by atoms with van der Waals surface area (Å²) in [6, 6.07) is 13.2. The van der Waals surface area contributed by atoms with Crippen molar-refractivity contribution in [2.24, 2.45) is 5.92 Å². The molecule has 0 amide bonds. The first kappa shape index (κ1) is 16.4. The second-order valence-corrected chi connectivity index (χ2v) is 7.03. The van der Waals surface area contributed by atoms with Gasteiger partial charge in [-0.05, 0) is 49.7 Å². The van der Waals surface area contributed by atoms with Crippen LogP contribution in [-0.4, -0.2) is 30.6 Å². The fourth-order valence-corrected chi connectivity index (χ4v) is 3.75. The molecule has 1 fully saturated rings. The van der Waals surface area contributed by atoms with Crippen LogP contribution in [0.15, 0.2) is 42.5 Å². The summed E-state index contributed by atoms with van der Waals surface area (Å²) in [7, 11) is 0. The van der Waals surface area contributed by atoms with Crippen molar-refractivity contribution in [1.29, 1.82) is 0 Å². The summed E-state index contributed by atoms with van der Waals surface area (Å²) in [5.41, 5.74) is 1.86. The number of nitrogens with zero attached hydrogens (tertiary/aromatic N) is 1. The standard InChI is InChI=1S/C20H20ClNO3/c21-17-8-6-14(7-9-17)19(23)15-4-2-10-22(11-15)12-16-3-1-5-18-20(16)25-13-24-18/h1,3,5-9,15H,2,4,10-13H2. The monoisotopic (exact) mass is 357 g/mol. The van der Waals surface area contributed by atoms with Gasteiger partial charge in [0.2, 0.25) is 6.79 Å². The summed E-state index contributed by atoms with van der Waals surface area (Å²) in [5, 5.41) is 0.655. The van der Waals surface area contributed by atoms with Crippen LogP contribution in [-0.2, 0) is 6.54 Å². The van der Waals surface area contributed by atoms with E-state index in [-0.39, 0.29) is 18.5 Å². The van der Waals surface area contributed by atoms with Crippen LogP contribution in [0.3, 0.4) is 0 Å². The molecule has 0 bridgehead atoms. The number of benzene rings is 2. The summed E-state index contributed by atoms with van der Waals surface area (Å²) in [6.07, 6.45) is 1.96. The van der Waals surface area contributed by atoms with Crippen LogP contribution in [0.5, 0.6) is 11.5 Å². The van der Waals surface area contributed by atoms with Gasteiger partial charge in [0.15, 0.2) is 17.3 Å². The summed E-state index contributed by atoms with van der Waals surface area (Å²) in [6.45, 7) is 2.82. The molecular weight excluding hydrogens is 338 g/mol. The topological polar surface area (TPSA) is 38.8 Å². The molecule has 1 unspecified atom stereocenters. The molecule has 0 N–H and O–H groups in total. The number of ketones is 1. The van der Waals surface area contributed by atoms with E-state index < -0.39 is 0 Å². The van der Waals surface area contributed by atoms with E-state index in [0.29, 0.717) is 5.02 Å². The second kappa shape index (κ2) is 7.06. The van der Waals surface area contributed by atoms with Crippen LogP contribution in [0.25, 0.3) is 0 Å². The van der Waals surface area contributed by atoms with E-state index in [0.717, 1.165) is 55.1 Å². The smallest absolute Gasteiger partial charge is 0.231 e. The number of piperidine rings is 1. The molecule has 1 saturated heterocycles. The zero-order chi connectivity index (χ0) is 17.2. The van der Waals surface area contributed by atoms with Crippen LogP contribution in [0.4, 0.5) is 0 Å². The molecule has 0 spiro atoms. The number of para-hydroxylation sites is 1. The largest absolute Gasteiger partial charge is 0.454 e. The van der Waals surface area contributed by atoms with Gasteiger partial charge in [-0.1, -0.05) is 23.7 Å². The molecule has 5 heteroatoms. The molecule has 25 heavy (non-hydrogen) atoms. The van der Waals surface area contributed by atoms with E-state index in [1.165, 1.54) is 0 Å². The number of halogens is 1. The first-order chi connectivity index (χ1) is 12.2. The van der Waals surface area contributed by atoms with E-state index in [9.17, 15) is 4.79 Å². The lowest BCUT2D eigenvalue weighted by atomic mass is 9.90. The number of hydrogen-bond donors (Lipinski definition) is 0. The minimum Gasteiger partial charge on any atom is -0.454 e. The van der Waals surface area contributed by atoms with Gasteiger partial charge in [0, 0.05) is 35.2 Å². The Kier molecular flexibility index (Phi) is 4.64. The maximum atomic E-state index is 12.8. The quantitative estimate of drug-likeness (QED) is 0.770. The molecule has 0 aliphatic carbocycles. The molecule has 2 aromatic carbocycles. The zero-order valence-corrected chi connectivity index (χ0v) is 14.7. The number of rotatable bonds is 4. The van der Waals surface area contributed by atoms with Crippen molar-refractivity contribution in [3.8, 4) is 11.5 Å². The van der Waals surface area contributed by atoms with Crippen molar-refractivity contribution in [2.75, 3.05) is 19.9 Å². The van der Waals surface area contributed by atoms with Gasteiger partial charge in [-0.25, -0.2) is 0 Å². The first-order valence-corrected chi connectivity index (χ1v) is 8.98. The number of Topliss-reactive ketones (excluding diaryl/α,β-unsaturated/α-hetero) is 1. The summed E-state index contributed by atoms with van der Waals surface area (Å²) in [4.78, 5) is 15.1. The number of carbonyl (C=O) groups is 1. The highest BCUT2D eigenvalue weighted by atomic mass is 35.5. The van der Waals surface area contributed by atoms with Crippen molar-refractivity contribution in [1.82, 2.24) is 4.90 Å². The molecule has 2 aliphatic heterocycles. The Bertz CT molecular complexity index is 775. The summed E-state index contributed by atoms with van der Waals surface area (Å²) >= 11 is 5.92. The number of ether oxygens (including phenoxy) is 2. The lowest BCUT2D eigenvalue weighted by molar-refractivity contribution is 0.0810. The van der Waals surface area contributed by atoms with E-state index in [4.69, 9.17) is 21.1 Å². The van der Waals surface area contributed by atoms with E-state index in [2.05, 4.69) is 11.0 Å². The van der Waals surface area contributed by atoms with E-state index >= 15 is 0 Å². The van der Waals surface area contributed by atoms with Crippen LogP contribution in [0, 0.1) is 5.92 Å². The van der Waals surface area contributed by atoms with Crippen molar-refractivity contribution in [2.45, 2.75) is 19.4 Å². The Balaban J connectivity index is 1.45. The molecule has 0 radical (unpaired) electrons. The van der Waals surface area contributed by atoms with Crippen molar-refractivity contribution >= 4 is 17.4 Å². The van der Waals surface area contributed by atoms with Gasteiger partial charge in [0.25, 0.3) is 0 Å². The number of carbonyl (C=O) groups excluding carboxylic acids is 1. The fourth-order valence-electron chi connectivity index (χ4n) is 3.62. The van der Waals surface area contributed by atoms with Crippen LogP contribution >= 0.6 is 11.6 Å². The first-order valence-electron chi connectivity index (χ1n) is 8.60. The predicted octanol–water partition coefficient (Wildman–Crippen LogP) is 4.16. The highest BCUT2D eigenvalue weighted by Crippen LogP contribution is 2.36. The Morgan fingerprint density at radius 2 is 2.00 bits per heavy atom. The van der Waals surface area contributed by atoms with Crippen molar-refractivity contribution in [3.05, 3.63) is 58.6 Å². The molecule has 1 atom stereocenters. The third-order valence-corrected chi connectivity index (χ3v) is 5.13. The molecular formula is C20H20ClNO3. The van der Waals surface area contributed by atoms with E-state index in [1.807, 2.05) is 24.3 Å². The van der Waals surface area contributed by atoms with Crippen LogP contribution in [0.1, 0.15) is 28.8 Å². The number of hydrogen-bond acceptors (Lipinski definition) is 4. The number of fused-ring (bicyclic) bond motifs is 1. The van der Waals surface area contributed by atoms with E-state index in [1.54, 1.807) is 12.1 Å². The third kappa shape index (κ3) is 3.51. The Morgan fingerprint density at radius 1 is 1.16 bits per heavy atom. The minimum absolute atomic E-state index is 0.0313. The van der Waals surface area contributed by atoms with Gasteiger partial charge < -0.3 is 9.47 Å². The summed E-state index contributed by atoms with van der Waals surface area (Å²) in [5.74, 6) is 1.89. The lowest BCUT2D eigenvalue weighted by Crippen LogP contribution is -2.38. The third-order valence-electron chi connectivity index (χ3n) is 4.88. The lowest BCUT2D eigenvalue weighted by Gasteiger charge is -2.32. The zero-order valence-electron chi connectivity index (χ0n) is 13.9. The molecule has 2 heterocycles. The van der Waals surface area contributed by atoms with Gasteiger partial charge in [-0.15, -0.1) is 0 Å². The highest BCUT2D eigenvalue weighted by molar-refractivity contribution is 6.30. The average molecular weight is 358 g/mol. The Labute approximate surface area is 152 Å². The fraction of sp³-hybridized carbons (Fsp3) is 0.350. The normalized spacial score (nSPS) is 19.8. The van der Waals surface area contributed by atoms with Crippen LogP contribution < -0.4 is 9.47 Å². The van der Waals surface area contributed by atoms with Crippen molar-refractivity contribution in [3.63, 3.8) is 0 Å². The predicted molar refractivity (Wildman–Crippen MR) is 96.3 cm³/mol. The van der Waals surface area contributed by atoms with Gasteiger partial charge >= 0.3 is 0 Å². The SMILES string of the molecule is O=C(c1ccc(Cl)cc1)C1CCCN(Cc2cccc3c2OCO3)C1. The molecule has 2 aliphatic rings. The molecule has 0 aromatic heterocycles. The molecule has 4 nitrogen and oxygen atoms in total. The maximum absolute atomic E-state index is 12.8. The molecule has 130 valence electrons. The Morgan fingerprint density at radius 3 is 2.84 bits per heavy atom. The van der Waals surface area contributed by atoms with Gasteiger partial charge in [-0.2, -0.15) is 0 Å². The van der Waals surface area contributed by atoms with Gasteiger partial charge in [0.1, 0.15) is 0 Å². The second-order valence-electron chi connectivity index (χ2n) is 6.60. The van der Waals surface area contributed by atoms with Crippen LogP contribution in [0.2, 0.25) is 5.02 Å². The maximum Gasteiger partial charge on any atom is 0.231 e. The van der Waals surface area contributed by atoms with Crippen molar-refractivity contribution < 1.29 is 14.3 Å². The summed E-state index contributed by atoms with van der Waals surface area (Å²) < 4.78 is 11.0.